The molecule has 1 aromatic carbocycles. The summed E-state index contributed by atoms with van der Waals surface area (Å²) in [6, 6.07) is 9.06. The normalized spacial score (nSPS) is 19.9. The number of carbonyl (C=O) groups excluding carboxylic acids is 1. The molecule has 1 heterocycles. The summed E-state index contributed by atoms with van der Waals surface area (Å²) in [5.74, 6) is 0. The summed E-state index contributed by atoms with van der Waals surface area (Å²) in [6.45, 7) is 0.753. The van der Waals surface area contributed by atoms with Crippen LogP contribution in [-0.4, -0.2) is 36.6 Å². The highest BCUT2D eigenvalue weighted by atomic mass is 16.5. The topological polar surface area (TPSA) is 67.8 Å². The van der Waals surface area contributed by atoms with Crippen LogP contribution in [0.2, 0.25) is 0 Å². The van der Waals surface area contributed by atoms with Gasteiger partial charge >= 0.3 is 6.09 Å². The van der Waals surface area contributed by atoms with Gasteiger partial charge < -0.3 is 19.9 Å². The zero-order valence-corrected chi connectivity index (χ0v) is 10.7. The molecule has 0 radical (unpaired) electrons. The van der Waals surface area contributed by atoms with E-state index in [-0.39, 0.29) is 19.3 Å². The van der Waals surface area contributed by atoms with Crippen molar-refractivity contribution in [3.63, 3.8) is 0 Å². The van der Waals surface area contributed by atoms with E-state index in [1.54, 1.807) is 0 Å². The van der Waals surface area contributed by atoms with Crippen molar-refractivity contribution in [3.8, 4) is 0 Å². The molecular formula is C14H19NO4. The molecule has 0 bridgehead atoms. The van der Waals surface area contributed by atoms with Crippen molar-refractivity contribution in [1.82, 2.24) is 5.32 Å². The smallest absolute Gasteiger partial charge is 0.407 e. The van der Waals surface area contributed by atoms with Gasteiger partial charge in [-0.3, -0.25) is 0 Å². The maximum absolute atomic E-state index is 11.6. The number of ether oxygens (including phenoxy) is 2. The van der Waals surface area contributed by atoms with Gasteiger partial charge in [-0.2, -0.15) is 0 Å². The average Bonchev–Trinajstić information content (AvgIpc) is 2.97. The van der Waals surface area contributed by atoms with Gasteiger partial charge in [0.05, 0.1) is 18.8 Å². The lowest BCUT2D eigenvalue weighted by Crippen LogP contribution is -2.45. The lowest BCUT2D eigenvalue weighted by atomic mass is 10.1. The third-order valence-electron chi connectivity index (χ3n) is 3.13. The van der Waals surface area contributed by atoms with E-state index >= 15 is 0 Å². The van der Waals surface area contributed by atoms with Crippen molar-refractivity contribution < 1.29 is 19.4 Å². The largest absolute Gasteiger partial charge is 0.445 e. The molecule has 0 aliphatic carbocycles. The van der Waals surface area contributed by atoms with Crippen molar-refractivity contribution >= 4 is 6.09 Å². The molecule has 2 atom stereocenters. The van der Waals surface area contributed by atoms with Gasteiger partial charge in [-0.25, -0.2) is 4.79 Å². The molecule has 104 valence electrons. The van der Waals surface area contributed by atoms with Crippen LogP contribution in [0.25, 0.3) is 0 Å². The number of aliphatic hydroxyl groups excluding tert-OH is 1. The number of aliphatic hydroxyl groups is 1. The van der Waals surface area contributed by atoms with Crippen LogP contribution in [0, 0.1) is 0 Å². The van der Waals surface area contributed by atoms with Crippen LogP contribution < -0.4 is 5.32 Å². The minimum absolute atomic E-state index is 0.116. The Balaban J connectivity index is 1.76. The van der Waals surface area contributed by atoms with E-state index in [0.717, 1.165) is 18.4 Å². The monoisotopic (exact) mass is 265 g/mol. The minimum atomic E-state index is -0.529. The SMILES string of the molecule is O=C(NC(CO)C1CCCO1)OCc1ccccc1. The molecule has 0 aromatic heterocycles. The van der Waals surface area contributed by atoms with Crippen LogP contribution in [-0.2, 0) is 16.1 Å². The van der Waals surface area contributed by atoms with E-state index in [1.807, 2.05) is 30.3 Å². The summed E-state index contributed by atoms with van der Waals surface area (Å²) in [7, 11) is 0. The van der Waals surface area contributed by atoms with Crippen molar-refractivity contribution in [3.05, 3.63) is 35.9 Å². The summed E-state index contributed by atoms with van der Waals surface area (Å²) in [5.41, 5.74) is 0.926. The van der Waals surface area contributed by atoms with Crippen molar-refractivity contribution in [2.45, 2.75) is 31.6 Å². The molecule has 1 aromatic rings. The quantitative estimate of drug-likeness (QED) is 0.845. The van der Waals surface area contributed by atoms with E-state index in [1.165, 1.54) is 0 Å². The number of hydrogen-bond acceptors (Lipinski definition) is 4. The molecule has 2 N–H and O–H groups in total. The van der Waals surface area contributed by atoms with Crippen LogP contribution in [0.15, 0.2) is 30.3 Å². The molecule has 0 spiro atoms. The van der Waals surface area contributed by atoms with E-state index in [2.05, 4.69) is 5.32 Å². The molecular weight excluding hydrogens is 246 g/mol. The molecule has 1 aliphatic heterocycles. The predicted octanol–water partition coefficient (Wildman–Crippen LogP) is 1.45. The first kappa shape index (κ1) is 13.8. The standard InChI is InChI=1S/C14H19NO4/c16-9-12(13-7-4-8-18-13)15-14(17)19-10-11-5-2-1-3-6-11/h1-3,5-6,12-13,16H,4,7-10H2,(H,15,17). The first-order valence-electron chi connectivity index (χ1n) is 6.49. The number of rotatable bonds is 5. The minimum Gasteiger partial charge on any atom is -0.445 e. The summed E-state index contributed by atoms with van der Waals surface area (Å²) in [6.07, 6.45) is 1.17. The number of carbonyl (C=O) groups is 1. The Kier molecular flexibility index (Phi) is 5.18. The summed E-state index contributed by atoms with van der Waals surface area (Å²) >= 11 is 0. The highest BCUT2D eigenvalue weighted by Crippen LogP contribution is 2.15. The predicted molar refractivity (Wildman–Crippen MR) is 69.6 cm³/mol. The molecule has 0 saturated carbocycles. The molecule has 1 fully saturated rings. The molecule has 5 heteroatoms. The maximum atomic E-state index is 11.6. The highest BCUT2D eigenvalue weighted by Gasteiger charge is 2.27. The first-order chi connectivity index (χ1) is 9.29. The Morgan fingerprint density at radius 3 is 2.89 bits per heavy atom. The lowest BCUT2D eigenvalue weighted by Gasteiger charge is -2.21. The fraction of sp³-hybridized carbons (Fsp3) is 0.500. The van der Waals surface area contributed by atoms with E-state index in [4.69, 9.17) is 9.47 Å². The van der Waals surface area contributed by atoms with Gasteiger partial charge in [-0.15, -0.1) is 0 Å². The van der Waals surface area contributed by atoms with Gasteiger partial charge in [0.15, 0.2) is 0 Å². The summed E-state index contributed by atoms with van der Waals surface area (Å²) < 4.78 is 10.5. The maximum Gasteiger partial charge on any atom is 0.407 e. The second kappa shape index (κ2) is 7.11. The second-order valence-electron chi connectivity index (χ2n) is 4.55. The average molecular weight is 265 g/mol. The zero-order valence-electron chi connectivity index (χ0n) is 10.7. The van der Waals surface area contributed by atoms with Crippen LogP contribution >= 0.6 is 0 Å². The number of amides is 1. The number of nitrogens with one attached hydrogen (secondary N) is 1. The summed E-state index contributed by atoms with van der Waals surface area (Å²) in [4.78, 5) is 11.6. The molecule has 19 heavy (non-hydrogen) atoms. The Morgan fingerprint density at radius 2 is 2.26 bits per heavy atom. The van der Waals surface area contributed by atoms with Crippen LogP contribution in [0.1, 0.15) is 18.4 Å². The Labute approximate surface area is 112 Å². The lowest BCUT2D eigenvalue weighted by molar-refractivity contribution is 0.0503. The number of alkyl carbamates (subject to hydrolysis) is 1. The van der Waals surface area contributed by atoms with Gasteiger partial charge in [-0.1, -0.05) is 30.3 Å². The van der Waals surface area contributed by atoms with E-state index < -0.39 is 12.1 Å². The third kappa shape index (κ3) is 4.22. The Morgan fingerprint density at radius 1 is 1.47 bits per heavy atom. The van der Waals surface area contributed by atoms with E-state index in [0.29, 0.717) is 6.61 Å². The van der Waals surface area contributed by atoms with Gasteiger partial charge in [0.1, 0.15) is 6.61 Å². The Hall–Kier alpha value is -1.59. The summed E-state index contributed by atoms with van der Waals surface area (Å²) in [5, 5.41) is 11.9. The molecule has 2 rings (SSSR count). The van der Waals surface area contributed by atoms with Crippen molar-refractivity contribution in [2.75, 3.05) is 13.2 Å². The van der Waals surface area contributed by atoms with Gasteiger partial charge in [-0.05, 0) is 18.4 Å². The fourth-order valence-corrected chi connectivity index (χ4v) is 2.09. The molecule has 1 saturated heterocycles. The highest BCUT2D eigenvalue weighted by molar-refractivity contribution is 5.67. The van der Waals surface area contributed by atoms with Crippen LogP contribution in [0.4, 0.5) is 4.79 Å². The fourth-order valence-electron chi connectivity index (χ4n) is 2.09. The van der Waals surface area contributed by atoms with Crippen LogP contribution in [0.3, 0.4) is 0 Å². The molecule has 2 unspecified atom stereocenters. The van der Waals surface area contributed by atoms with Gasteiger partial charge in [0.2, 0.25) is 0 Å². The Bertz CT molecular complexity index is 390. The number of hydrogen-bond donors (Lipinski definition) is 2. The second-order valence-corrected chi connectivity index (χ2v) is 4.55. The van der Waals surface area contributed by atoms with Crippen LogP contribution in [0.5, 0.6) is 0 Å². The van der Waals surface area contributed by atoms with Crippen molar-refractivity contribution in [1.29, 1.82) is 0 Å². The number of benzene rings is 1. The van der Waals surface area contributed by atoms with Crippen molar-refractivity contribution in [2.24, 2.45) is 0 Å². The third-order valence-corrected chi connectivity index (χ3v) is 3.13. The zero-order chi connectivity index (χ0) is 13.5. The van der Waals surface area contributed by atoms with E-state index in [9.17, 15) is 9.90 Å². The molecule has 5 nitrogen and oxygen atoms in total. The molecule has 1 aliphatic rings. The van der Waals surface area contributed by atoms with Gasteiger partial charge in [0, 0.05) is 6.61 Å². The molecule has 1 amide bonds. The van der Waals surface area contributed by atoms with Gasteiger partial charge in [0.25, 0.3) is 0 Å². The first-order valence-corrected chi connectivity index (χ1v) is 6.49.